The first-order valence-corrected chi connectivity index (χ1v) is 10.2. The monoisotopic (exact) mass is 386 g/mol. The Balaban J connectivity index is 1.54. The second kappa shape index (κ2) is 8.57. The SMILES string of the molecule is CCc1cc(C(=O)O[C@H](C)C(=O)N2CCN(c3ccccc3)CC2)sc1C. The molecule has 1 aliphatic heterocycles. The fraction of sp³-hybridized carbons (Fsp3) is 0.429. The van der Waals surface area contributed by atoms with E-state index in [0.717, 1.165) is 30.0 Å². The van der Waals surface area contributed by atoms with E-state index in [0.29, 0.717) is 18.0 Å². The lowest BCUT2D eigenvalue weighted by molar-refractivity contribution is -0.140. The van der Waals surface area contributed by atoms with Crippen LogP contribution in [0, 0.1) is 6.92 Å². The molecule has 0 spiro atoms. The zero-order valence-electron chi connectivity index (χ0n) is 16.1. The van der Waals surface area contributed by atoms with Crippen LogP contribution in [-0.4, -0.2) is 49.1 Å². The van der Waals surface area contributed by atoms with Crippen LogP contribution in [0.3, 0.4) is 0 Å². The van der Waals surface area contributed by atoms with Crippen molar-refractivity contribution in [2.75, 3.05) is 31.1 Å². The van der Waals surface area contributed by atoms with Crippen LogP contribution in [0.25, 0.3) is 0 Å². The van der Waals surface area contributed by atoms with Crippen molar-refractivity contribution in [3.8, 4) is 0 Å². The van der Waals surface area contributed by atoms with E-state index in [-0.39, 0.29) is 5.91 Å². The Morgan fingerprint density at radius 2 is 1.81 bits per heavy atom. The number of benzene rings is 1. The molecule has 0 unspecified atom stereocenters. The number of nitrogens with zero attached hydrogens (tertiary/aromatic N) is 2. The molecule has 1 atom stereocenters. The molecule has 1 amide bonds. The predicted molar refractivity (Wildman–Crippen MR) is 109 cm³/mol. The highest BCUT2D eigenvalue weighted by Gasteiger charge is 2.28. The largest absolute Gasteiger partial charge is 0.448 e. The summed E-state index contributed by atoms with van der Waals surface area (Å²) in [7, 11) is 0. The number of ether oxygens (including phenoxy) is 1. The van der Waals surface area contributed by atoms with E-state index >= 15 is 0 Å². The molecule has 1 aromatic carbocycles. The maximum absolute atomic E-state index is 12.7. The van der Waals surface area contributed by atoms with Crippen LogP contribution in [0.5, 0.6) is 0 Å². The summed E-state index contributed by atoms with van der Waals surface area (Å²) < 4.78 is 5.44. The summed E-state index contributed by atoms with van der Waals surface area (Å²) in [6, 6.07) is 12.1. The Morgan fingerprint density at radius 1 is 1.15 bits per heavy atom. The number of carbonyl (C=O) groups is 2. The van der Waals surface area contributed by atoms with Gasteiger partial charge in [0, 0.05) is 36.7 Å². The van der Waals surface area contributed by atoms with E-state index in [2.05, 4.69) is 24.0 Å². The third-order valence-corrected chi connectivity index (χ3v) is 6.02. The summed E-state index contributed by atoms with van der Waals surface area (Å²) >= 11 is 1.43. The maximum Gasteiger partial charge on any atom is 0.349 e. The molecular weight excluding hydrogens is 360 g/mol. The number of hydrogen-bond acceptors (Lipinski definition) is 5. The molecule has 0 radical (unpaired) electrons. The number of piperazine rings is 1. The fourth-order valence-electron chi connectivity index (χ4n) is 3.32. The van der Waals surface area contributed by atoms with Gasteiger partial charge < -0.3 is 14.5 Å². The van der Waals surface area contributed by atoms with Crippen LogP contribution >= 0.6 is 11.3 Å². The van der Waals surface area contributed by atoms with Crippen LogP contribution in [-0.2, 0) is 16.0 Å². The van der Waals surface area contributed by atoms with Gasteiger partial charge >= 0.3 is 5.97 Å². The first kappa shape index (κ1) is 19.4. The van der Waals surface area contributed by atoms with Gasteiger partial charge in [0.15, 0.2) is 6.10 Å². The molecule has 3 rings (SSSR count). The Kier molecular flexibility index (Phi) is 6.16. The lowest BCUT2D eigenvalue weighted by Gasteiger charge is -2.37. The van der Waals surface area contributed by atoms with Crippen molar-refractivity contribution in [1.82, 2.24) is 4.90 Å². The average Bonchev–Trinajstić information content (AvgIpc) is 3.09. The van der Waals surface area contributed by atoms with E-state index in [1.807, 2.05) is 31.2 Å². The average molecular weight is 387 g/mol. The van der Waals surface area contributed by atoms with Gasteiger partial charge in [0.05, 0.1) is 0 Å². The number of para-hydroxylation sites is 1. The molecule has 2 heterocycles. The number of thiophene rings is 1. The van der Waals surface area contributed by atoms with Gasteiger partial charge in [-0.3, -0.25) is 4.79 Å². The molecule has 0 saturated carbocycles. The van der Waals surface area contributed by atoms with Crippen molar-refractivity contribution in [2.24, 2.45) is 0 Å². The summed E-state index contributed by atoms with van der Waals surface area (Å²) in [5, 5.41) is 0. The zero-order valence-corrected chi connectivity index (χ0v) is 16.9. The Labute approximate surface area is 164 Å². The summed E-state index contributed by atoms with van der Waals surface area (Å²) in [5.74, 6) is -0.536. The Bertz CT molecular complexity index is 795. The smallest absolute Gasteiger partial charge is 0.349 e. The van der Waals surface area contributed by atoms with Gasteiger partial charge in [-0.05, 0) is 44.0 Å². The lowest BCUT2D eigenvalue weighted by Crippen LogP contribution is -2.51. The van der Waals surface area contributed by atoms with Crippen molar-refractivity contribution >= 4 is 28.9 Å². The van der Waals surface area contributed by atoms with Gasteiger partial charge in [0.25, 0.3) is 5.91 Å². The van der Waals surface area contributed by atoms with Gasteiger partial charge in [0.2, 0.25) is 0 Å². The van der Waals surface area contributed by atoms with Crippen molar-refractivity contribution in [3.63, 3.8) is 0 Å². The summed E-state index contributed by atoms with van der Waals surface area (Å²) in [5.41, 5.74) is 2.33. The number of esters is 1. The molecule has 1 fully saturated rings. The van der Waals surface area contributed by atoms with E-state index in [9.17, 15) is 9.59 Å². The number of rotatable bonds is 5. The molecule has 0 aliphatic carbocycles. The highest BCUT2D eigenvalue weighted by molar-refractivity contribution is 7.14. The van der Waals surface area contributed by atoms with E-state index in [4.69, 9.17) is 4.74 Å². The highest BCUT2D eigenvalue weighted by Crippen LogP contribution is 2.23. The highest BCUT2D eigenvalue weighted by atomic mass is 32.1. The number of amides is 1. The minimum absolute atomic E-state index is 0.125. The summed E-state index contributed by atoms with van der Waals surface area (Å²) in [6.07, 6.45) is 0.115. The molecule has 0 bridgehead atoms. The fourth-order valence-corrected chi connectivity index (χ4v) is 4.32. The molecule has 144 valence electrons. The van der Waals surface area contributed by atoms with E-state index < -0.39 is 12.1 Å². The molecule has 5 nitrogen and oxygen atoms in total. The van der Waals surface area contributed by atoms with Gasteiger partial charge in [-0.1, -0.05) is 25.1 Å². The van der Waals surface area contributed by atoms with Gasteiger partial charge in [-0.2, -0.15) is 0 Å². The first-order chi connectivity index (χ1) is 13.0. The van der Waals surface area contributed by atoms with Gasteiger partial charge in [-0.15, -0.1) is 11.3 Å². The van der Waals surface area contributed by atoms with Crippen LogP contribution in [0.15, 0.2) is 36.4 Å². The topological polar surface area (TPSA) is 49.9 Å². The molecule has 0 N–H and O–H groups in total. The third kappa shape index (κ3) is 4.50. The molecule has 6 heteroatoms. The van der Waals surface area contributed by atoms with E-state index in [1.165, 1.54) is 17.0 Å². The van der Waals surface area contributed by atoms with Gasteiger partial charge in [-0.25, -0.2) is 4.79 Å². The standard InChI is InChI=1S/C21H26N2O3S/c1-4-17-14-19(27-16(17)3)21(25)26-15(2)20(24)23-12-10-22(11-13-23)18-8-6-5-7-9-18/h5-9,14-15H,4,10-13H2,1-3H3/t15-/m1/s1. The van der Waals surface area contributed by atoms with Crippen molar-refractivity contribution < 1.29 is 14.3 Å². The van der Waals surface area contributed by atoms with Crippen LogP contribution in [0.4, 0.5) is 5.69 Å². The third-order valence-electron chi connectivity index (χ3n) is 4.95. The molecule has 1 aromatic heterocycles. The minimum Gasteiger partial charge on any atom is -0.448 e. The molecular formula is C21H26N2O3S. The quantitative estimate of drug-likeness (QED) is 0.738. The van der Waals surface area contributed by atoms with Crippen molar-refractivity contribution in [3.05, 3.63) is 51.7 Å². The lowest BCUT2D eigenvalue weighted by atomic mass is 10.2. The molecule has 2 aromatic rings. The Hall–Kier alpha value is -2.34. The minimum atomic E-state index is -0.770. The second-order valence-electron chi connectivity index (χ2n) is 6.74. The number of aryl methyl sites for hydroxylation is 2. The normalized spacial score (nSPS) is 15.5. The van der Waals surface area contributed by atoms with Crippen LogP contribution < -0.4 is 4.90 Å². The molecule has 1 aliphatic rings. The van der Waals surface area contributed by atoms with Gasteiger partial charge in [0.1, 0.15) is 4.88 Å². The van der Waals surface area contributed by atoms with E-state index in [1.54, 1.807) is 11.8 Å². The second-order valence-corrected chi connectivity index (χ2v) is 8.00. The van der Waals surface area contributed by atoms with Crippen LogP contribution in [0.1, 0.15) is 34.0 Å². The number of anilines is 1. The first-order valence-electron chi connectivity index (χ1n) is 9.38. The predicted octanol–water partition coefficient (Wildman–Crippen LogP) is 3.51. The summed E-state index contributed by atoms with van der Waals surface area (Å²) in [4.78, 5) is 30.8. The molecule has 1 saturated heterocycles. The maximum atomic E-state index is 12.7. The summed E-state index contributed by atoms with van der Waals surface area (Å²) in [6.45, 7) is 8.54. The van der Waals surface area contributed by atoms with Crippen molar-refractivity contribution in [2.45, 2.75) is 33.3 Å². The molecule has 27 heavy (non-hydrogen) atoms. The number of hydrogen-bond donors (Lipinski definition) is 0. The zero-order chi connectivity index (χ0) is 19.4. The van der Waals surface area contributed by atoms with Crippen LogP contribution in [0.2, 0.25) is 0 Å². The van der Waals surface area contributed by atoms with Crippen molar-refractivity contribution in [1.29, 1.82) is 0 Å². The Morgan fingerprint density at radius 3 is 2.41 bits per heavy atom. The number of carbonyl (C=O) groups excluding carboxylic acids is 2.